The van der Waals surface area contributed by atoms with Crippen molar-refractivity contribution < 1.29 is 0 Å². The molecule has 2 aromatic carbocycles. The van der Waals surface area contributed by atoms with Crippen LogP contribution in [0.3, 0.4) is 0 Å². The molecule has 0 heteroatoms. The van der Waals surface area contributed by atoms with Crippen molar-refractivity contribution in [3.05, 3.63) is 82.9 Å². The summed E-state index contributed by atoms with van der Waals surface area (Å²) in [6.07, 6.45) is 14.6. The highest BCUT2D eigenvalue weighted by atomic mass is 14.3. The van der Waals surface area contributed by atoms with E-state index in [-0.39, 0.29) is 10.8 Å². The molecule has 3 rings (SSSR count). The fraction of sp³-hybridized carbons (Fsp3) is 0.500. The topological polar surface area (TPSA) is 0 Å². The van der Waals surface area contributed by atoms with Gasteiger partial charge in [-0.05, 0) is 69.9 Å². The van der Waals surface area contributed by atoms with Crippen molar-refractivity contribution in [1.29, 1.82) is 0 Å². The second-order valence-corrected chi connectivity index (χ2v) is 11.0. The molecule has 2 aromatic rings. The number of unbranched alkanes of at least 4 members (excludes halogenated alkanes) is 2. The van der Waals surface area contributed by atoms with E-state index >= 15 is 0 Å². The molecule has 0 aromatic heterocycles. The Bertz CT molecular complexity index is 838. The highest BCUT2D eigenvalue weighted by molar-refractivity contribution is 5.78. The Morgan fingerprint density at radius 2 is 0.906 bits per heavy atom. The fourth-order valence-electron chi connectivity index (χ4n) is 4.92. The summed E-state index contributed by atoms with van der Waals surface area (Å²) in [6, 6.07) is 18.7. The van der Waals surface area contributed by atoms with E-state index < -0.39 is 0 Å². The molecular formula is C32H44. The second kappa shape index (κ2) is 10.7. The van der Waals surface area contributed by atoms with Crippen LogP contribution in [0.5, 0.6) is 0 Å². The first kappa shape index (κ1) is 24.6. The number of hydrogen-bond acceptors (Lipinski definition) is 0. The molecule has 0 nitrogen and oxygen atoms in total. The van der Waals surface area contributed by atoms with Gasteiger partial charge in [-0.1, -0.05) is 128 Å². The van der Waals surface area contributed by atoms with Crippen LogP contribution in [-0.2, 0) is 10.8 Å². The fourth-order valence-corrected chi connectivity index (χ4v) is 4.92. The Hall–Kier alpha value is -2.08. The van der Waals surface area contributed by atoms with Crippen LogP contribution in [-0.4, -0.2) is 0 Å². The summed E-state index contributed by atoms with van der Waals surface area (Å²) in [5.74, 6) is 0. The van der Waals surface area contributed by atoms with Crippen LogP contribution in [0.4, 0.5) is 0 Å². The Balaban J connectivity index is 1.70. The molecule has 0 amide bonds. The normalized spacial score (nSPS) is 14.8. The van der Waals surface area contributed by atoms with E-state index in [4.69, 9.17) is 0 Å². The largest absolute Gasteiger partial charge is 0.0654 e. The molecule has 0 N–H and O–H groups in total. The van der Waals surface area contributed by atoms with Crippen LogP contribution in [0.15, 0.2) is 60.7 Å². The predicted octanol–water partition coefficient (Wildman–Crippen LogP) is 9.88. The molecule has 32 heavy (non-hydrogen) atoms. The molecule has 1 aliphatic rings. The van der Waals surface area contributed by atoms with Crippen LogP contribution in [0.25, 0.3) is 11.1 Å². The van der Waals surface area contributed by atoms with Crippen molar-refractivity contribution in [3.8, 4) is 0 Å². The maximum Gasteiger partial charge on any atom is -0.0104 e. The SMILES string of the molecule is CCCCC(C)(C)c1ccc(C2=CC=C(c3ccc(C(C)(C)CCCC)cc3)CC2)cc1. The molecule has 0 heterocycles. The molecule has 0 spiro atoms. The van der Waals surface area contributed by atoms with Crippen molar-refractivity contribution >= 4 is 11.1 Å². The third kappa shape index (κ3) is 6.03. The molecule has 0 radical (unpaired) electrons. The van der Waals surface area contributed by atoms with Gasteiger partial charge in [0.2, 0.25) is 0 Å². The second-order valence-electron chi connectivity index (χ2n) is 11.0. The van der Waals surface area contributed by atoms with Crippen LogP contribution in [0, 0.1) is 0 Å². The lowest BCUT2D eigenvalue weighted by atomic mass is 9.79. The molecule has 0 unspecified atom stereocenters. The zero-order valence-corrected chi connectivity index (χ0v) is 21.4. The summed E-state index contributed by atoms with van der Waals surface area (Å²) in [4.78, 5) is 0. The molecule has 0 saturated carbocycles. The highest BCUT2D eigenvalue weighted by Gasteiger charge is 2.21. The van der Waals surface area contributed by atoms with Gasteiger partial charge in [-0.15, -0.1) is 0 Å². The molecule has 0 saturated heterocycles. The van der Waals surface area contributed by atoms with Crippen molar-refractivity contribution in [2.75, 3.05) is 0 Å². The maximum absolute atomic E-state index is 2.38. The van der Waals surface area contributed by atoms with Crippen LogP contribution >= 0.6 is 0 Å². The third-order valence-electron chi connectivity index (χ3n) is 7.53. The zero-order valence-electron chi connectivity index (χ0n) is 21.4. The molecule has 0 aliphatic heterocycles. The summed E-state index contributed by atoms with van der Waals surface area (Å²) in [7, 11) is 0. The van der Waals surface area contributed by atoms with Crippen LogP contribution in [0.2, 0.25) is 0 Å². The smallest absolute Gasteiger partial charge is 0.0104 e. The van der Waals surface area contributed by atoms with Gasteiger partial charge in [0.05, 0.1) is 0 Å². The number of allylic oxidation sites excluding steroid dienone is 4. The number of benzene rings is 2. The maximum atomic E-state index is 2.38. The summed E-state index contributed by atoms with van der Waals surface area (Å²) in [6.45, 7) is 14.1. The molecule has 0 atom stereocenters. The molecule has 0 fully saturated rings. The van der Waals surface area contributed by atoms with Crippen LogP contribution < -0.4 is 0 Å². The molecule has 0 bridgehead atoms. The molecular weight excluding hydrogens is 384 g/mol. The average molecular weight is 429 g/mol. The zero-order chi connectivity index (χ0) is 23.2. The minimum Gasteiger partial charge on any atom is -0.0654 e. The first-order valence-corrected chi connectivity index (χ1v) is 12.9. The van der Waals surface area contributed by atoms with Crippen molar-refractivity contribution in [3.63, 3.8) is 0 Å². The summed E-state index contributed by atoms with van der Waals surface area (Å²) in [5.41, 5.74) is 9.13. The lowest BCUT2D eigenvalue weighted by Gasteiger charge is -2.26. The van der Waals surface area contributed by atoms with Crippen LogP contribution in [0.1, 0.15) is 115 Å². The Morgan fingerprint density at radius 1 is 0.562 bits per heavy atom. The summed E-state index contributed by atoms with van der Waals surface area (Å²) in [5, 5.41) is 0. The Labute approximate surface area is 197 Å². The minimum atomic E-state index is 0.264. The van der Waals surface area contributed by atoms with E-state index in [1.54, 1.807) is 0 Å². The number of rotatable bonds is 10. The van der Waals surface area contributed by atoms with Gasteiger partial charge in [-0.3, -0.25) is 0 Å². The van der Waals surface area contributed by atoms with Crippen molar-refractivity contribution in [1.82, 2.24) is 0 Å². The molecule has 1 aliphatic carbocycles. The third-order valence-corrected chi connectivity index (χ3v) is 7.53. The van der Waals surface area contributed by atoms with E-state index in [1.807, 2.05) is 0 Å². The average Bonchev–Trinajstić information content (AvgIpc) is 2.82. The first-order chi connectivity index (χ1) is 15.3. The molecule has 172 valence electrons. The Kier molecular flexibility index (Phi) is 8.21. The van der Waals surface area contributed by atoms with Gasteiger partial charge in [-0.2, -0.15) is 0 Å². The summed E-state index contributed by atoms with van der Waals surface area (Å²) >= 11 is 0. The quantitative estimate of drug-likeness (QED) is 0.353. The highest BCUT2D eigenvalue weighted by Crippen LogP contribution is 2.35. The van der Waals surface area contributed by atoms with Gasteiger partial charge in [0, 0.05) is 0 Å². The van der Waals surface area contributed by atoms with E-state index in [1.165, 1.54) is 71.9 Å². The Morgan fingerprint density at radius 3 is 1.19 bits per heavy atom. The monoisotopic (exact) mass is 428 g/mol. The lowest BCUT2D eigenvalue weighted by molar-refractivity contribution is 0.458. The van der Waals surface area contributed by atoms with Crippen molar-refractivity contribution in [2.45, 2.75) is 104 Å². The van der Waals surface area contributed by atoms with Gasteiger partial charge in [0.1, 0.15) is 0 Å². The van der Waals surface area contributed by atoms with E-state index in [2.05, 4.69) is 102 Å². The van der Waals surface area contributed by atoms with Gasteiger partial charge in [0.25, 0.3) is 0 Å². The minimum absolute atomic E-state index is 0.264. The van der Waals surface area contributed by atoms with Gasteiger partial charge in [0.15, 0.2) is 0 Å². The first-order valence-electron chi connectivity index (χ1n) is 12.9. The van der Waals surface area contributed by atoms with Gasteiger partial charge in [-0.25, -0.2) is 0 Å². The summed E-state index contributed by atoms with van der Waals surface area (Å²) < 4.78 is 0. The lowest BCUT2D eigenvalue weighted by Crippen LogP contribution is -2.16. The van der Waals surface area contributed by atoms with Gasteiger partial charge >= 0.3 is 0 Å². The van der Waals surface area contributed by atoms with E-state index in [0.717, 1.165) is 12.8 Å². The van der Waals surface area contributed by atoms with E-state index in [0.29, 0.717) is 0 Å². The standard InChI is InChI=1S/C32H44/c1-7-9-23-31(3,4)29-19-15-27(16-20-29)25-11-13-26(14-12-25)28-17-21-30(22-18-28)32(5,6)24-10-8-2/h11,13,15-22H,7-10,12,14,23-24H2,1-6H3. The predicted molar refractivity (Wildman–Crippen MR) is 143 cm³/mol. The van der Waals surface area contributed by atoms with Gasteiger partial charge < -0.3 is 0 Å². The van der Waals surface area contributed by atoms with Crippen molar-refractivity contribution in [2.24, 2.45) is 0 Å². The van der Waals surface area contributed by atoms with E-state index in [9.17, 15) is 0 Å². The number of hydrogen-bond donors (Lipinski definition) is 0.